The fourth-order valence-corrected chi connectivity index (χ4v) is 3.63. The second-order valence-electron chi connectivity index (χ2n) is 7.63. The molecule has 1 aliphatic carbocycles. The van der Waals surface area contributed by atoms with Gasteiger partial charge in [0, 0.05) is 12.3 Å². The van der Waals surface area contributed by atoms with Gasteiger partial charge in [0.1, 0.15) is 6.04 Å². The third kappa shape index (κ3) is 5.58. The zero-order chi connectivity index (χ0) is 18.4. The lowest BCUT2D eigenvalue weighted by molar-refractivity contribution is -0.145. The molecule has 1 amide bonds. The molecular weight excluding hydrogens is 314 g/mol. The Kier molecular flexibility index (Phi) is 7.03. The van der Waals surface area contributed by atoms with Gasteiger partial charge in [-0.25, -0.2) is 4.79 Å². The summed E-state index contributed by atoms with van der Waals surface area (Å²) in [7, 11) is 1.37. The van der Waals surface area contributed by atoms with Gasteiger partial charge in [0.2, 0.25) is 5.91 Å². The van der Waals surface area contributed by atoms with Crippen molar-refractivity contribution >= 4 is 11.9 Å². The Morgan fingerprint density at radius 2 is 1.72 bits per heavy atom. The van der Waals surface area contributed by atoms with E-state index in [9.17, 15) is 9.59 Å². The number of benzene rings is 1. The molecule has 0 aromatic heterocycles. The number of aryl methyl sites for hydroxylation is 1. The topological polar surface area (TPSA) is 55.4 Å². The molecule has 1 atom stereocenters. The molecule has 1 N–H and O–H groups in total. The van der Waals surface area contributed by atoms with E-state index in [1.165, 1.54) is 12.7 Å². The molecule has 0 heterocycles. The fourth-order valence-electron chi connectivity index (χ4n) is 3.63. The maximum atomic E-state index is 12.6. The maximum absolute atomic E-state index is 12.6. The van der Waals surface area contributed by atoms with Crippen LogP contribution in [-0.2, 0) is 20.7 Å². The number of carbonyl (C=O) groups excluding carboxylic acids is 2. The minimum Gasteiger partial charge on any atom is -0.467 e. The lowest BCUT2D eigenvalue weighted by atomic mass is 9.76. The molecule has 0 spiro atoms. The van der Waals surface area contributed by atoms with Gasteiger partial charge in [-0.3, -0.25) is 4.79 Å². The number of methoxy groups -OCH3 is 1. The van der Waals surface area contributed by atoms with Crippen LogP contribution in [-0.4, -0.2) is 25.0 Å². The predicted octanol–water partition coefficient (Wildman–Crippen LogP) is 3.66. The van der Waals surface area contributed by atoms with E-state index in [0.29, 0.717) is 18.3 Å². The van der Waals surface area contributed by atoms with Crippen molar-refractivity contribution in [1.29, 1.82) is 0 Å². The molecule has 25 heavy (non-hydrogen) atoms. The number of nitrogens with one attached hydrogen (secondary N) is 1. The van der Waals surface area contributed by atoms with E-state index in [-0.39, 0.29) is 17.8 Å². The molecule has 1 aliphatic rings. The molecule has 1 unspecified atom stereocenters. The Balaban J connectivity index is 1.96. The minimum absolute atomic E-state index is 0.00952. The molecule has 1 aromatic rings. The Morgan fingerprint density at radius 1 is 1.12 bits per heavy atom. The Bertz CT molecular complexity index is 571. The van der Waals surface area contributed by atoms with Crippen LogP contribution in [0.2, 0.25) is 0 Å². The van der Waals surface area contributed by atoms with E-state index in [4.69, 9.17) is 4.74 Å². The van der Waals surface area contributed by atoms with Crippen LogP contribution in [0.4, 0.5) is 0 Å². The van der Waals surface area contributed by atoms with Crippen molar-refractivity contribution in [3.63, 3.8) is 0 Å². The fraction of sp³-hybridized carbons (Fsp3) is 0.619. The summed E-state index contributed by atoms with van der Waals surface area (Å²) in [5, 5.41) is 2.93. The molecule has 0 bridgehead atoms. The summed E-state index contributed by atoms with van der Waals surface area (Å²) in [6.45, 7) is 6.52. The Labute approximate surface area is 151 Å². The number of carbonyl (C=O) groups is 2. The van der Waals surface area contributed by atoms with Gasteiger partial charge in [0.25, 0.3) is 0 Å². The quantitative estimate of drug-likeness (QED) is 0.801. The highest BCUT2D eigenvalue weighted by Gasteiger charge is 2.30. The van der Waals surface area contributed by atoms with Crippen LogP contribution in [0.1, 0.15) is 50.7 Å². The number of hydrogen-bond donors (Lipinski definition) is 1. The molecule has 0 aliphatic heterocycles. The standard InChI is InChI=1S/C21H31NO3/c1-14(2)17-9-11-18(12-10-17)20(23)22-19(21(24)25-4)13-16-7-5-15(3)6-8-16/h5-8,14,17-19H,9-13H2,1-4H3,(H,22,23). The van der Waals surface area contributed by atoms with Crippen LogP contribution in [0.25, 0.3) is 0 Å². The van der Waals surface area contributed by atoms with Gasteiger partial charge in [-0.05, 0) is 50.0 Å². The first-order valence-electron chi connectivity index (χ1n) is 9.34. The summed E-state index contributed by atoms with van der Waals surface area (Å²) in [5.74, 6) is 1.01. The van der Waals surface area contributed by atoms with Crippen LogP contribution in [0.15, 0.2) is 24.3 Å². The molecular formula is C21H31NO3. The monoisotopic (exact) mass is 345 g/mol. The van der Waals surface area contributed by atoms with E-state index < -0.39 is 6.04 Å². The third-order valence-corrected chi connectivity index (χ3v) is 5.45. The third-order valence-electron chi connectivity index (χ3n) is 5.45. The summed E-state index contributed by atoms with van der Waals surface area (Å²) in [6, 6.07) is 7.39. The van der Waals surface area contributed by atoms with Gasteiger partial charge in [0.05, 0.1) is 7.11 Å². The van der Waals surface area contributed by atoms with Crippen molar-refractivity contribution in [1.82, 2.24) is 5.32 Å². The minimum atomic E-state index is -0.622. The molecule has 2 rings (SSSR count). The highest BCUT2D eigenvalue weighted by Crippen LogP contribution is 2.33. The highest BCUT2D eigenvalue weighted by atomic mass is 16.5. The second kappa shape index (κ2) is 9.02. The summed E-state index contributed by atoms with van der Waals surface area (Å²) < 4.78 is 4.89. The average molecular weight is 345 g/mol. The Hall–Kier alpha value is -1.84. The maximum Gasteiger partial charge on any atom is 0.328 e. The SMILES string of the molecule is COC(=O)C(Cc1ccc(C)cc1)NC(=O)C1CCC(C(C)C)CC1. The van der Waals surface area contributed by atoms with Crippen LogP contribution in [0.3, 0.4) is 0 Å². The van der Waals surface area contributed by atoms with Gasteiger partial charge < -0.3 is 10.1 Å². The lowest BCUT2D eigenvalue weighted by Crippen LogP contribution is -2.46. The van der Waals surface area contributed by atoms with Crippen molar-refractivity contribution in [2.75, 3.05) is 7.11 Å². The number of ether oxygens (including phenoxy) is 1. The van der Waals surface area contributed by atoms with Gasteiger partial charge >= 0.3 is 5.97 Å². The number of amides is 1. The van der Waals surface area contributed by atoms with Crippen LogP contribution >= 0.6 is 0 Å². The number of hydrogen-bond acceptors (Lipinski definition) is 3. The molecule has 4 heteroatoms. The molecule has 0 radical (unpaired) electrons. The molecule has 1 saturated carbocycles. The van der Waals surface area contributed by atoms with Crippen molar-refractivity contribution in [2.24, 2.45) is 17.8 Å². The smallest absolute Gasteiger partial charge is 0.328 e. The van der Waals surface area contributed by atoms with Crippen molar-refractivity contribution in [2.45, 2.75) is 58.9 Å². The summed E-state index contributed by atoms with van der Waals surface area (Å²) in [5.41, 5.74) is 2.19. The molecule has 4 nitrogen and oxygen atoms in total. The normalized spacial score (nSPS) is 21.6. The molecule has 1 aromatic carbocycles. The van der Waals surface area contributed by atoms with E-state index >= 15 is 0 Å². The molecule has 0 saturated heterocycles. The second-order valence-corrected chi connectivity index (χ2v) is 7.63. The zero-order valence-electron chi connectivity index (χ0n) is 15.9. The van der Waals surface area contributed by atoms with Gasteiger partial charge in [-0.15, -0.1) is 0 Å². The highest BCUT2D eigenvalue weighted by molar-refractivity contribution is 5.86. The lowest BCUT2D eigenvalue weighted by Gasteiger charge is -2.31. The van der Waals surface area contributed by atoms with Crippen LogP contribution in [0, 0.1) is 24.7 Å². The molecule has 1 fully saturated rings. The first kappa shape index (κ1) is 19.5. The van der Waals surface area contributed by atoms with Gasteiger partial charge in [-0.2, -0.15) is 0 Å². The zero-order valence-corrected chi connectivity index (χ0v) is 15.9. The summed E-state index contributed by atoms with van der Waals surface area (Å²) in [4.78, 5) is 24.7. The van der Waals surface area contributed by atoms with Gasteiger partial charge in [-0.1, -0.05) is 43.7 Å². The summed E-state index contributed by atoms with van der Waals surface area (Å²) >= 11 is 0. The average Bonchev–Trinajstić information content (AvgIpc) is 2.62. The summed E-state index contributed by atoms with van der Waals surface area (Å²) in [6.07, 6.45) is 4.47. The van der Waals surface area contributed by atoms with E-state index in [0.717, 1.165) is 31.2 Å². The number of esters is 1. The van der Waals surface area contributed by atoms with Crippen molar-refractivity contribution in [3.05, 3.63) is 35.4 Å². The van der Waals surface area contributed by atoms with Crippen molar-refractivity contribution in [3.8, 4) is 0 Å². The first-order chi connectivity index (χ1) is 11.9. The van der Waals surface area contributed by atoms with Crippen LogP contribution in [0.5, 0.6) is 0 Å². The number of rotatable bonds is 6. The van der Waals surface area contributed by atoms with Gasteiger partial charge in [0.15, 0.2) is 0 Å². The molecule has 138 valence electrons. The first-order valence-corrected chi connectivity index (χ1v) is 9.34. The van der Waals surface area contributed by atoms with Crippen LogP contribution < -0.4 is 5.32 Å². The Morgan fingerprint density at radius 3 is 2.24 bits per heavy atom. The van der Waals surface area contributed by atoms with E-state index in [1.54, 1.807) is 0 Å². The van der Waals surface area contributed by atoms with E-state index in [1.807, 2.05) is 31.2 Å². The van der Waals surface area contributed by atoms with Crippen molar-refractivity contribution < 1.29 is 14.3 Å². The largest absolute Gasteiger partial charge is 0.467 e. The predicted molar refractivity (Wildman–Crippen MR) is 99.1 cm³/mol. The van der Waals surface area contributed by atoms with E-state index in [2.05, 4.69) is 19.2 Å².